The summed E-state index contributed by atoms with van der Waals surface area (Å²) < 4.78 is 68.5. The summed E-state index contributed by atoms with van der Waals surface area (Å²) in [5, 5.41) is 11.2. The van der Waals surface area contributed by atoms with Crippen LogP contribution in [-0.2, 0) is 66.7 Å². The molecule has 0 spiro atoms. The largest absolute Gasteiger partial charge is 0.493 e. The van der Waals surface area contributed by atoms with Crippen LogP contribution in [0.3, 0.4) is 0 Å². The molecule has 6 aliphatic heterocycles. The molecule has 8 amide bonds. The molecule has 4 aromatic carbocycles. The number of ether oxygens (including phenoxy) is 12. The van der Waals surface area contributed by atoms with Gasteiger partial charge in [-0.2, -0.15) is 0 Å². The summed E-state index contributed by atoms with van der Waals surface area (Å²) >= 11 is 0. The molecule has 4 N–H and O–H groups in total. The third-order valence-electron chi connectivity index (χ3n) is 22.8. The van der Waals surface area contributed by atoms with E-state index in [-0.39, 0.29) is 118 Å². The van der Waals surface area contributed by atoms with Crippen LogP contribution in [0.1, 0.15) is 155 Å². The van der Waals surface area contributed by atoms with Crippen LogP contribution in [0.5, 0.6) is 23.0 Å². The van der Waals surface area contributed by atoms with Crippen molar-refractivity contribution in [3.63, 3.8) is 0 Å². The van der Waals surface area contributed by atoms with Crippen LogP contribution in [0.2, 0.25) is 0 Å². The van der Waals surface area contributed by atoms with Crippen LogP contribution >= 0.6 is 0 Å². The number of carbonyl (C=O) groups excluding carboxylic acids is 8. The summed E-state index contributed by atoms with van der Waals surface area (Å²) in [5.41, 5.74) is 7.29. The van der Waals surface area contributed by atoms with Gasteiger partial charge in [-0.15, -0.1) is 0 Å². The van der Waals surface area contributed by atoms with Gasteiger partial charge >= 0.3 is 0 Å². The van der Waals surface area contributed by atoms with E-state index in [1.807, 2.05) is 30.7 Å². The molecule has 1 saturated carbocycles. The first-order chi connectivity index (χ1) is 59.4. The number of methoxy groups -OCH3 is 2. The van der Waals surface area contributed by atoms with Gasteiger partial charge in [0.1, 0.15) is 12.1 Å². The normalized spacial score (nSPS) is 18.7. The van der Waals surface area contributed by atoms with Crippen molar-refractivity contribution in [1.82, 2.24) is 35.6 Å². The Hall–Kier alpha value is -9.70. The highest BCUT2D eigenvalue weighted by Gasteiger charge is 2.43. The number of nitrogens with zero attached hydrogens (tertiary/aromatic N) is 7. The van der Waals surface area contributed by atoms with Crippen LogP contribution in [0, 0.1) is 17.8 Å². The molecular weight excluding hydrogens is 1570 g/mol. The molecule has 0 aromatic heterocycles. The lowest BCUT2D eigenvalue weighted by atomic mass is 9.83. The van der Waals surface area contributed by atoms with Crippen molar-refractivity contribution in [2.75, 3.05) is 190 Å². The molecule has 11 rings (SSSR count). The Labute approximate surface area is 716 Å². The molecule has 4 aromatic rings. The van der Waals surface area contributed by atoms with E-state index in [2.05, 4.69) is 62.4 Å². The fourth-order valence-electron chi connectivity index (χ4n) is 15.8. The van der Waals surface area contributed by atoms with Crippen molar-refractivity contribution in [2.45, 2.75) is 148 Å². The summed E-state index contributed by atoms with van der Waals surface area (Å²) in [6, 6.07) is 20.2. The summed E-state index contributed by atoms with van der Waals surface area (Å²) in [5.74, 6) is -0.888. The number of amides is 8. The van der Waals surface area contributed by atoms with Gasteiger partial charge in [0.2, 0.25) is 35.4 Å². The van der Waals surface area contributed by atoms with E-state index in [0.717, 1.165) is 74.1 Å². The van der Waals surface area contributed by atoms with Crippen molar-refractivity contribution >= 4 is 93.6 Å². The topological polar surface area (TPSA) is 336 Å². The number of fused-ring (bicyclic) bond motifs is 4. The molecule has 1 aliphatic carbocycles. The zero-order chi connectivity index (χ0) is 86.0. The first-order valence-corrected chi connectivity index (χ1v) is 43.6. The number of nitrogens with one attached hydrogen (secondary N) is 4. The van der Waals surface area contributed by atoms with E-state index < -0.39 is 23.9 Å². The monoisotopic (exact) mass is 1690 g/mol. The van der Waals surface area contributed by atoms with Gasteiger partial charge in [0.05, 0.1) is 174 Å². The molecule has 0 bridgehead atoms. The van der Waals surface area contributed by atoms with Crippen LogP contribution in [-0.4, -0.2) is 283 Å². The number of benzene rings is 4. The molecule has 7 aliphatic rings. The van der Waals surface area contributed by atoms with Gasteiger partial charge in [0.15, 0.2) is 23.0 Å². The van der Waals surface area contributed by atoms with Crippen molar-refractivity contribution < 1.29 is 95.2 Å². The molecule has 1 unspecified atom stereocenters. The van der Waals surface area contributed by atoms with Gasteiger partial charge in [0, 0.05) is 126 Å². The minimum Gasteiger partial charge on any atom is -0.493 e. The average Bonchev–Trinajstić information content (AvgIpc) is 1.66. The minimum absolute atomic E-state index is 0.0132. The minimum atomic E-state index is -0.944. The number of hydrogen-bond acceptors (Lipinski definition) is 24. The average molecular weight is 1690 g/mol. The lowest BCUT2D eigenvalue weighted by Crippen LogP contribution is -2.53. The van der Waals surface area contributed by atoms with Crippen LogP contribution in [0.4, 0.5) is 22.7 Å². The number of imide groups is 1. The van der Waals surface area contributed by atoms with E-state index >= 15 is 0 Å². The maximum absolute atomic E-state index is 14.3. The molecule has 122 heavy (non-hydrogen) atoms. The number of aliphatic imine (C=N–C) groups is 2. The predicted octanol–water partition coefficient (Wildman–Crippen LogP) is 9.77. The Morgan fingerprint density at radius 1 is 0.492 bits per heavy atom. The second kappa shape index (κ2) is 49.0. The maximum atomic E-state index is 14.3. The van der Waals surface area contributed by atoms with Gasteiger partial charge in [-0.25, -0.2) is 0 Å². The molecule has 31 nitrogen and oxygen atoms in total. The highest BCUT2D eigenvalue weighted by Crippen LogP contribution is 2.43. The fraction of sp³-hybridized carbons (Fsp3) is 0.582. The molecule has 6 heterocycles. The van der Waals surface area contributed by atoms with E-state index in [1.165, 1.54) is 63.3 Å². The number of piperazine rings is 1. The number of carbonyl (C=O) groups is 8. The van der Waals surface area contributed by atoms with Gasteiger partial charge in [-0.05, 0) is 97.3 Å². The number of anilines is 2. The van der Waals surface area contributed by atoms with Gasteiger partial charge in [0.25, 0.3) is 11.8 Å². The molecule has 664 valence electrons. The van der Waals surface area contributed by atoms with Crippen LogP contribution in [0.15, 0.2) is 95.2 Å². The summed E-state index contributed by atoms with van der Waals surface area (Å²) in [6.45, 7) is 15.9. The Kier molecular flexibility index (Phi) is 37.3. The maximum Gasteiger partial charge on any atom is 0.260 e. The van der Waals surface area contributed by atoms with Crippen molar-refractivity contribution in [1.29, 1.82) is 0 Å². The van der Waals surface area contributed by atoms with Crippen LogP contribution < -0.4 is 45.1 Å². The second-order valence-corrected chi connectivity index (χ2v) is 32.0. The highest BCUT2D eigenvalue weighted by atomic mass is 16.6. The molecule has 3 fully saturated rings. The summed E-state index contributed by atoms with van der Waals surface area (Å²) in [6.07, 6.45) is 21.0. The molecule has 31 heteroatoms. The van der Waals surface area contributed by atoms with Gasteiger partial charge in [-0.1, -0.05) is 89.5 Å². The third-order valence-corrected chi connectivity index (χ3v) is 22.8. The second-order valence-electron chi connectivity index (χ2n) is 32.0. The Balaban J connectivity index is 0.480. The van der Waals surface area contributed by atoms with Crippen molar-refractivity contribution in [3.8, 4) is 23.0 Å². The quantitative estimate of drug-likeness (QED) is 0.0236. The zero-order valence-corrected chi connectivity index (χ0v) is 71.9. The smallest absolute Gasteiger partial charge is 0.260 e. The lowest BCUT2D eigenvalue weighted by Gasteiger charge is -2.34. The van der Waals surface area contributed by atoms with Gasteiger partial charge in [-0.3, -0.25) is 53.2 Å². The fourth-order valence-corrected chi connectivity index (χ4v) is 15.8. The summed E-state index contributed by atoms with van der Waals surface area (Å²) in [4.78, 5) is 126. The van der Waals surface area contributed by atoms with E-state index in [9.17, 15) is 38.4 Å². The Morgan fingerprint density at radius 2 is 0.951 bits per heavy atom. The first-order valence-electron chi connectivity index (χ1n) is 43.6. The van der Waals surface area contributed by atoms with Crippen molar-refractivity contribution in [2.24, 2.45) is 27.7 Å². The zero-order valence-electron chi connectivity index (χ0n) is 71.9. The predicted molar refractivity (Wildman–Crippen MR) is 462 cm³/mol. The third kappa shape index (κ3) is 27.7. The number of rotatable bonds is 48. The summed E-state index contributed by atoms with van der Waals surface area (Å²) in [7, 11) is 5.20. The van der Waals surface area contributed by atoms with Gasteiger partial charge < -0.3 is 97.7 Å². The Morgan fingerprint density at radius 3 is 1.43 bits per heavy atom. The molecule has 2 saturated heterocycles. The molecule has 5 atom stereocenters. The SMILES string of the molecule is COc1cc2c(cc1OCCCOc1cc3c(cc1OC)C(=O)N1C=C(c4ccc(N5CCN(C)CC5)cc4)C[C@H]1C=N3)N=C[C@@H]1CC(c3ccc(NC(=O)[C@H](C)NC(=O)[C@@H](NC(=O)CCOCCOCCOCCOCCOCCOCCOCCOCCNC(=O)CCN4C(=O)CC(C5CCCCCCCCCC5)C4=O)C(C)C)cc3)=CN1C2=O. The van der Waals surface area contributed by atoms with Crippen LogP contribution in [0.25, 0.3) is 11.1 Å². The number of hydrogen-bond donors (Lipinski definition) is 4. The van der Waals surface area contributed by atoms with E-state index in [1.54, 1.807) is 73.2 Å². The Bertz CT molecular complexity index is 4220. The van der Waals surface area contributed by atoms with E-state index in [0.29, 0.717) is 169 Å². The lowest BCUT2D eigenvalue weighted by molar-refractivity contribution is -0.140. The van der Waals surface area contributed by atoms with Crippen molar-refractivity contribution in [3.05, 3.63) is 107 Å². The van der Waals surface area contributed by atoms with E-state index in [4.69, 9.17) is 66.8 Å². The highest BCUT2D eigenvalue weighted by molar-refractivity contribution is 6.07. The number of likely N-dealkylation sites (tertiary alicyclic amines) is 1. The standard InChI is InChI=1S/C91H125N11O20/c1-63(2)86(97-84(104)27-36-113-38-40-115-42-44-117-46-48-119-50-51-120-49-47-118-45-43-116-41-39-114-37-28-92-83(103)26-29-100-85(105)56-74(89(100)108)67-16-13-11-9-7-8-10-12-14-17-67)88(107)95-64(3)87(106)96-70-22-18-65(19-23-70)68-52-72-59-93-77-57-81(79(111-5)54-75(77)90(109)101(72)61-68)121-34-15-35-122-82-58-78-76(55-80(82)112-6)91(110)102-62-69(53-73(102)60-94-78)66-20-24-71(25-21-66)99-32-30-98(4)31-33-99/h18-25,54-55,57-64,67,72-74,86H,7-17,26-53,56H2,1-6H3,(H,92,103)(H,95,107)(H,96,106)(H,97,104)/t64-,72-,73-,74?,86-/m0/s1. The molecule has 0 radical (unpaired) electrons. The first kappa shape index (κ1) is 93.0. The number of likely N-dealkylation sites (N-methyl/N-ethyl adjacent to an activating group) is 1. The molecular formula is C91H125N11O20.